The molecule has 1 N–H and O–H groups in total. The molecule has 16 heavy (non-hydrogen) atoms. The Labute approximate surface area is 94.6 Å². The lowest BCUT2D eigenvalue weighted by Crippen LogP contribution is -2.25. The summed E-state index contributed by atoms with van der Waals surface area (Å²) in [6.07, 6.45) is 0. The molecule has 0 spiro atoms. The molecule has 1 rings (SSSR count). The Hall–Kier alpha value is -1.42. The number of hydroxylamine groups is 1. The van der Waals surface area contributed by atoms with Crippen LogP contribution in [0.5, 0.6) is 0 Å². The van der Waals surface area contributed by atoms with E-state index in [4.69, 9.17) is 4.84 Å². The average molecular weight is 225 g/mol. The Kier molecular flexibility index (Phi) is 4.43. The topological polar surface area (TPSA) is 38.3 Å². The van der Waals surface area contributed by atoms with Gasteiger partial charge in [-0.15, -0.1) is 0 Å². The predicted octanol–water partition coefficient (Wildman–Crippen LogP) is 2.45. The van der Waals surface area contributed by atoms with Crippen molar-refractivity contribution in [1.29, 1.82) is 0 Å². The molecular formula is C12H16FNO2. The summed E-state index contributed by atoms with van der Waals surface area (Å²) in [6.45, 7) is 6.02. The molecule has 4 heteroatoms. The summed E-state index contributed by atoms with van der Waals surface area (Å²) >= 11 is 0. The highest BCUT2D eigenvalue weighted by Crippen LogP contribution is 2.08. The number of rotatable bonds is 4. The summed E-state index contributed by atoms with van der Waals surface area (Å²) in [4.78, 5) is 16.4. The minimum Gasteiger partial charge on any atom is -0.273 e. The molecule has 0 fully saturated rings. The quantitative estimate of drug-likeness (QED) is 0.799. The number of carbonyl (C=O) groups excluding carboxylic acids is 1. The molecule has 1 aromatic rings. The Balaban J connectivity index is 2.56. The van der Waals surface area contributed by atoms with E-state index in [2.05, 4.69) is 5.48 Å². The van der Waals surface area contributed by atoms with Gasteiger partial charge in [0, 0.05) is 5.56 Å². The summed E-state index contributed by atoms with van der Waals surface area (Å²) in [5.41, 5.74) is 3.04. The van der Waals surface area contributed by atoms with Gasteiger partial charge < -0.3 is 0 Å². The zero-order chi connectivity index (χ0) is 12.1. The van der Waals surface area contributed by atoms with Gasteiger partial charge in [0.1, 0.15) is 5.82 Å². The van der Waals surface area contributed by atoms with Gasteiger partial charge in [0.25, 0.3) is 5.91 Å². The van der Waals surface area contributed by atoms with Crippen molar-refractivity contribution in [3.63, 3.8) is 0 Å². The molecular weight excluding hydrogens is 209 g/mol. The van der Waals surface area contributed by atoms with Crippen molar-refractivity contribution in [2.24, 2.45) is 5.92 Å². The monoisotopic (exact) mass is 225 g/mol. The maximum atomic E-state index is 13.2. The number of halogens is 1. The van der Waals surface area contributed by atoms with Gasteiger partial charge in [-0.25, -0.2) is 9.87 Å². The van der Waals surface area contributed by atoms with Crippen LogP contribution in [0.25, 0.3) is 0 Å². The number of hydrogen-bond donors (Lipinski definition) is 1. The Morgan fingerprint density at radius 3 is 2.75 bits per heavy atom. The van der Waals surface area contributed by atoms with E-state index in [0.717, 1.165) is 0 Å². The molecule has 0 unspecified atom stereocenters. The number of benzene rings is 1. The first-order valence-corrected chi connectivity index (χ1v) is 5.19. The van der Waals surface area contributed by atoms with Crippen LogP contribution >= 0.6 is 0 Å². The minimum absolute atomic E-state index is 0.256. The molecule has 1 aromatic carbocycles. The van der Waals surface area contributed by atoms with E-state index < -0.39 is 11.7 Å². The second-order valence-electron chi connectivity index (χ2n) is 4.10. The third-order valence-electron chi connectivity index (χ3n) is 2.02. The molecule has 0 aliphatic rings. The molecule has 0 aliphatic carbocycles. The van der Waals surface area contributed by atoms with Crippen molar-refractivity contribution >= 4 is 5.91 Å². The maximum Gasteiger partial charge on any atom is 0.274 e. The van der Waals surface area contributed by atoms with Crippen LogP contribution in [-0.2, 0) is 4.84 Å². The van der Waals surface area contributed by atoms with Crippen LogP contribution in [0, 0.1) is 18.7 Å². The Morgan fingerprint density at radius 1 is 1.50 bits per heavy atom. The average Bonchev–Trinajstić information content (AvgIpc) is 2.21. The number of carbonyl (C=O) groups is 1. The summed E-state index contributed by atoms with van der Waals surface area (Å²) in [5, 5.41) is 0. The number of aryl methyl sites for hydroxylation is 1. The molecule has 0 bridgehead atoms. The molecule has 0 aliphatic heterocycles. The van der Waals surface area contributed by atoms with E-state index in [0.29, 0.717) is 18.1 Å². The van der Waals surface area contributed by atoms with Crippen LogP contribution in [-0.4, -0.2) is 12.5 Å². The van der Waals surface area contributed by atoms with Crippen LogP contribution in [0.3, 0.4) is 0 Å². The Bertz CT molecular complexity index is 377. The predicted molar refractivity (Wildman–Crippen MR) is 59.4 cm³/mol. The van der Waals surface area contributed by atoms with E-state index in [1.165, 1.54) is 6.07 Å². The van der Waals surface area contributed by atoms with Crippen molar-refractivity contribution < 1.29 is 14.0 Å². The molecule has 0 saturated heterocycles. The minimum atomic E-state index is -0.431. The molecule has 0 saturated carbocycles. The first kappa shape index (κ1) is 12.6. The summed E-state index contributed by atoms with van der Waals surface area (Å²) in [5.74, 6) is -0.494. The summed E-state index contributed by atoms with van der Waals surface area (Å²) in [7, 11) is 0. The van der Waals surface area contributed by atoms with E-state index >= 15 is 0 Å². The van der Waals surface area contributed by atoms with Crippen LogP contribution in [0.2, 0.25) is 0 Å². The molecule has 0 radical (unpaired) electrons. The van der Waals surface area contributed by atoms with Gasteiger partial charge in [-0.2, -0.15) is 0 Å². The molecule has 0 heterocycles. The lowest BCUT2D eigenvalue weighted by atomic mass is 10.1. The van der Waals surface area contributed by atoms with Gasteiger partial charge in [-0.1, -0.05) is 19.9 Å². The van der Waals surface area contributed by atoms with Crippen LogP contribution in [0.4, 0.5) is 4.39 Å². The second kappa shape index (κ2) is 5.61. The van der Waals surface area contributed by atoms with Crippen LogP contribution in [0.15, 0.2) is 18.2 Å². The first-order chi connectivity index (χ1) is 7.50. The first-order valence-electron chi connectivity index (χ1n) is 5.19. The van der Waals surface area contributed by atoms with E-state index in [1.807, 2.05) is 13.8 Å². The summed E-state index contributed by atoms with van der Waals surface area (Å²) < 4.78 is 13.2. The second-order valence-corrected chi connectivity index (χ2v) is 4.10. The highest BCUT2D eigenvalue weighted by atomic mass is 19.1. The smallest absolute Gasteiger partial charge is 0.273 e. The van der Waals surface area contributed by atoms with Crippen LogP contribution in [0.1, 0.15) is 29.8 Å². The van der Waals surface area contributed by atoms with Crippen molar-refractivity contribution in [3.8, 4) is 0 Å². The van der Waals surface area contributed by atoms with Gasteiger partial charge in [-0.3, -0.25) is 9.63 Å². The van der Waals surface area contributed by atoms with Crippen molar-refractivity contribution in [2.45, 2.75) is 20.8 Å². The molecule has 88 valence electrons. The highest BCUT2D eigenvalue weighted by molar-refractivity contribution is 5.93. The molecule has 1 amide bonds. The molecule has 0 aromatic heterocycles. The zero-order valence-corrected chi connectivity index (χ0v) is 9.71. The van der Waals surface area contributed by atoms with Crippen molar-refractivity contribution in [3.05, 3.63) is 35.1 Å². The normalized spacial score (nSPS) is 10.6. The van der Waals surface area contributed by atoms with E-state index in [-0.39, 0.29) is 5.56 Å². The third kappa shape index (κ3) is 3.62. The highest BCUT2D eigenvalue weighted by Gasteiger charge is 2.08. The number of nitrogens with one attached hydrogen (secondary N) is 1. The number of hydrogen-bond acceptors (Lipinski definition) is 2. The van der Waals surface area contributed by atoms with Crippen molar-refractivity contribution in [1.82, 2.24) is 5.48 Å². The van der Waals surface area contributed by atoms with Gasteiger partial charge in [-0.05, 0) is 30.5 Å². The van der Waals surface area contributed by atoms with Gasteiger partial charge in [0.15, 0.2) is 0 Å². The third-order valence-corrected chi connectivity index (χ3v) is 2.02. The van der Waals surface area contributed by atoms with Crippen molar-refractivity contribution in [2.75, 3.05) is 6.61 Å². The SMILES string of the molecule is Cc1ccc(C(=O)NOCC(C)C)cc1F. The molecule has 0 atom stereocenters. The van der Waals surface area contributed by atoms with Gasteiger partial charge in [0.2, 0.25) is 0 Å². The maximum absolute atomic E-state index is 13.2. The fourth-order valence-corrected chi connectivity index (χ4v) is 1.07. The lowest BCUT2D eigenvalue weighted by molar-refractivity contribution is 0.0208. The molecule has 3 nitrogen and oxygen atoms in total. The fraction of sp³-hybridized carbons (Fsp3) is 0.417. The van der Waals surface area contributed by atoms with Gasteiger partial charge in [0.05, 0.1) is 6.61 Å². The zero-order valence-electron chi connectivity index (χ0n) is 9.71. The Morgan fingerprint density at radius 2 is 2.19 bits per heavy atom. The standard InChI is InChI=1S/C12H16FNO2/c1-8(2)7-16-14-12(15)10-5-4-9(3)11(13)6-10/h4-6,8H,7H2,1-3H3,(H,14,15). The van der Waals surface area contributed by atoms with E-state index in [1.54, 1.807) is 19.1 Å². The largest absolute Gasteiger partial charge is 0.274 e. The summed E-state index contributed by atoms with van der Waals surface area (Å²) in [6, 6.07) is 4.32. The van der Waals surface area contributed by atoms with Gasteiger partial charge >= 0.3 is 0 Å². The number of amides is 1. The lowest BCUT2D eigenvalue weighted by Gasteiger charge is -2.08. The fourth-order valence-electron chi connectivity index (χ4n) is 1.07. The van der Waals surface area contributed by atoms with E-state index in [9.17, 15) is 9.18 Å². The van der Waals surface area contributed by atoms with Crippen LogP contribution < -0.4 is 5.48 Å².